The zero-order valence-electron chi connectivity index (χ0n) is 16.6. The van der Waals surface area contributed by atoms with Crippen LogP contribution in [0.4, 0.5) is 5.69 Å². The molecule has 0 radical (unpaired) electrons. The average molecular weight is 492 g/mol. The standard InChI is InChI=1S/C19H32N4O3.HI/c1-4-20-19(21-14-18-15-23(2)9-12-26-18)22-16-7-5-8-17(13-16)25-11-6-10-24-3;/h5,7-8,13,18H,4,6,9-12,14-15H2,1-3H3,(H2,20,21,22);1H. The van der Waals surface area contributed by atoms with Crippen molar-refractivity contribution in [2.24, 2.45) is 4.99 Å². The number of benzene rings is 1. The van der Waals surface area contributed by atoms with Gasteiger partial charge in [-0.2, -0.15) is 0 Å². The van der Waals surface area contributed by atoms with Gasteiger partial charge in [-0.25, -0.2) is 0 Å². The fourth-order valence-corrected chi connectivity index (χ4v) is 2.67. The largest absolute Gasteiger partial charge is 0.493 e. The van der Waals surface area contributed by atoms with Crippen LogP contribution >= 0.6 is 24.0 Å². The maximum absolute atomic E-state index is 5.78. The molecule has 0 amide bonds. The number of hydrogen-bond acceptors (Lipinski definition) is 5. The van der Waals surface area contributed by atoms with Gasteiger partial charge in [0.1, 0.15) is 5.75 Å². The average Bonchev–Trinajstić information content (AvgIpc) is 2.64. The van der Waals surface area contributed by atoms with Crippen molar-refractivity contribution < 1.29 is 14.2 Å². The Labute approximate surface area is 179 Å². The second kappa shape index (κ2) is 14.0. The summed E-state index contributed by atoms with van der Waals surface area (Å²) >= 11 is 0. The zero-order chi connectivity index (χ0) is 18.6. The second-order valence-electron chi connectivity index (χ2n) is 6.32. The number of aliphatic imine (C=N–C) groups is 1. The van der Waals surface area contributed by atoms with Crippen molar-refractivity contribution >= 4 is 35.6 Å². The van der Waals surface area contributed by atoms with E-state index in [2.05, 4.69) is 34.5 Å². The molecule has 2 N–H and O–H groups in total. The van der Waals surface area contributed by atoms with Crippen molar-refractivity contribution in [3.63, 3.8) is 0 Å². The van der Waals surface area contributed by atoms with E-state index in [0.29, 0.717) is 19.8 Å². The number of morpholine rings is 1. The molecule has 1 aliphatic heterocycles. The summed E-state index contributed by atoms with van der Waals surface area (Å²) in [6.45, 7) is 7.48. The topological polar surface area (TPSA) is 67.4 Å². The highest BCUT2D eigenvalue weighted by molar-refractivity contribution is 14.0. The summed E-state index contributed by atoms with van der Waals surface area (Å²) in [5.41, 5.74) is 0.940. The smallest absolute Gasteiger partial charge is 0.195 e. The molecule has 1 saturated heterocycles. The highest BCUT2D eigenvalue weighted by Gasteiger charge is 2.17. The van der Waals surface area contributed by atoms with Gasteiger partial charge < -0.3 is 29.7 Å². The van der Waals surface area contributed by atoms with Crippen LogP contribution < -0.4 is 15.4 Å². The van der Waals surface area contributed by atoms with Crippen molar-refractivity contribution in [3.8, 4) is 5.75 Å². The Morgan fingerprint density at radius 2 is 2.22 bits per heavy atom. The fraction of sp³-hybridized carbons (Fsp3) is 0.632. The van der Waals surface area contributed by atoms with Gasteiger partial charge in [-0.05, 0) is 26.1 Å². The minimum absolute atomic E-state index is 0. The van der Waals surface area contributed by atoms with Crippen LogP contribution in [0.3, 0.4) is 0 Å². The molecule has 8 heteroatoms. The first-order valence-corrected chi connectivity index (χ1v) is 9.28. The maximum Gasteiger partial charge on any atom is 0.195 e. The van der Waals surface area contributed by atoms with Crippen LogP contribution in [0.5, 0.6) is 5.75 Å². The van der Waals surface area contributed by atoms with E-state index in [1.165, 1.54) is 0 Å². The molecule has 0 spiro atoms. The van der Waals surface area contributed by atoms with E-state index in [4.69, 9.17) is 14.2 Å². The normalized spacial score (nSPS) is 17.9. The van der Waals surface area contributed by atoms with E-state index in [1.54, 1.807) is 7.11 Å². The molecule has 7 nitrogen and oxygen atoms in total. The van der Waals surface area contributed by atoms with Gasteiger partial charge in [-0.15, -0.1) is 24.0 Å². The quantitative estimate of drug-likeness (QED) is 0.239. The van der Waals surface area contributed by atoms with E-state index < -0.39 is 0 Å². The number of methoxy groups -OCH3 is 1. The molecule has 0 aliphatic carbocycles. The Kier molecular flexibility index (Phi) is 12.4. The maximum atomic E-state index is 5.78. The van der Waals surface area contributed by atoms with E-state index in [0.717, 1.165) is 50.1 Å². The number of guanidine groups is 1. The van der Waals surface area contributed by atoms with Gasteiger partial charge in [-0.1, -0.05) is 6.07 Å². The molecule has 1 aliphatic rings. The van der Waals surface area contributed by atoms with Crippen molar-refractivity contribution in [2.75, 3.05) is 65.5 Å². The molecule has 1 fully saturated rings. The van der Waals surface area contributed by atoms with Gasteiger partial charge in [0.2, 0.25) is 0 Å². The number of nitrogens with one attached hydrogen (secondary N) is 2. The molecule has 2 rings (SSSR count). The Morgan fingerprint density at radius 1 is 1.37 bits per heavy atom. The van der Waals surface area contributed by atoms with Gasteiger partial charge in [0.15, 0.2) is 5.96 Å². The van der Waals surface area contributed by atoms with Crippen LogP contribution in [0.25, 0.3) is 0 Å². The van der Waals surface area contributed by atoms with E-state index in [9.17, 15) is 0 Å². The van der Waals surface area contributed by atoms with Gasteiger partial charge in [0, 0.05) is 51.5 Å². The molecular weight excluding hydrogens is 459 g/mol. The highest BCUT2D eigenvalue weighted by Crippen LogP contribution is 2.17. The number of ether oxygens (including phenoxy) is 3. The van der Waals surface area contributed by atoms with Gasteiger partial charge >= 0.3 is 0 Å². The highest BCUT2D eigenvalue weighted by atomic mass is 127. The predicted molar refractivity (Wildman–Crippen MR) is 121 cm³/mol. The first kappa shape index (κ1) is 23.9. The number of hydrogen-bond donors (Lipinski definition) is 2. The SMILES string of the molecule is CCNC(=NCC1CN(C)CCO1)Nc1cccc(OCCCOC)c1.I. The molecule has 1 aromatic rings. The first-order valence-electron chi connectivity index (χ1n) is 9.28. The van der Waals surface area contributed by atoms with Crippen molar-refractivity contribution in [1.82, 2.24) is 10.2 Å². The molecule has 1 unspecified atom stereocenters. The molecule has 0 aromatic heterocycles. The summed E-state index contributed by atoms with van der Waals surface area (Å²) in [4.78, 5) is 6.94. The lowest BCUT2D eigenvalue weighted by molar-refractivity contribution is -0.0136. The Balaban J connectivity index is 0.00000364. The third kappa shape index (κ3) is 9.59. The van der Waals surface area contributed by atoms with Gasteiger partial charge in [0.05, 0.1) is 25.9 Å². The van der Waals surface area contributed by atoms with Crippen LogP contribution in [0, 0.1) is 0 Å². The summed E-state index contributed by atoms with van der Waals surface area (Å²) in [5.74, 6) is 1.58. The Bertz CT molecular complexity index is 560. The second-order valence-corrected chi connectivity index (χ2v) is 6.32. The fourth-order valence-electron chi connectivity index (χ4n) is 2.67. The zero-order valence-corrected chi connectivity index (χ0v) is 18.9. The lowest BCUT2D eigenvalue weighted by Crippen LogP contribution is -2.42. The lowest BCUT2D eigenvalue weighted by Gasteiger charge is -2.29. The summed E-state index contributed by atoms with van der Waals surface area (Å²) in [7, 11) is 3.81. The third-order valence-corrected chi connectivity index (χ3v) is 4.00. The van der Waals surface area contributed by atoms with Crippen LogP contribution in [0.1, 0.15) is 13.3 Å². The minimum atomic E-state index is 0. The van der Waals surface area contributed by atoms with E-state index in [1.807, 2.05) is 24.3 Å². The van der Waals surface area contributed by atoms with Crippen LogP contribution in [0.2, 0.25) is 0 Å². The molecule has 27 heavy (non-hydrogen) atoms. The van der Waals surface area contributed by atoms with Crippen LogP contribution in [-0.4, -0.2) is 77.1 Å². The number of likely N-dealkylation sites (N-methyl/N-ethyl adjacent to an activating group) is 1. The monoisotopic (exact) mass is 492 g/mol. The molecular formula is C19H33IN4O3. The molecule has 1 atom stereocenters. The Morgan fingerprint density at radius 3 is 2.96 bits per heavy atom. The van der Waals surface area contributed by atoms with Crippen molar-refractivity contribution in [2.45, 2.75) is 19.4 Å². The lowest BCUT2D eigenvalue weighted by atomic mass is 10.3. The summed E-state index contributed by atoms with van der Waals surface area (Å²) in [6, 6.07) is 7.90. The van der Waals surface area contributed by atoms with Crippen LogP contribution in [0.15, 0.2) is 29.3 Å². The summed E-state index contributed by atoms with van der Waals surface area (Å²) < 4.78 is 16.6. The molecule has 1 aromatic carbocycles. The third-order valence-electron chi connectivity index (χ3n) is 4.00. The minimum Gasteiger partial charge on any atom is -0.493 e. The van der Waals surface area contributed by atoms with Crippen molar-refractivity contribution in [1.29, 1.82) is 0 Å². The van der Waals surface area contributed by atoms with Gasteiger partial charge in [-0.3, -0.25) is 4.99 Å². The predicted octanol–water partition coefficient (Wildman–Crippen LogP) is 2.43. The molecule has 0 saturated carbocycles. The van der Waals surface area contributed by atoms with E-state index >= 15 is 0 Å². The molecule has 1 heterocycles. The Hall–Kier alpha value is -1.10. The van der Waals surface area contributed by atoms with Crippen molar-refractivity contribution in [3.05, 3.63) is 24.3 Å². The number of anilines is 1. The van der Waals surface area contributed by atoms with Crippen LogP contribution in [-0.2, 0) is 9.47 Å². The van der Waals surface area contributed by atoms with E-state index in [-0.39, 0.29) is 30.1 Å². The van der Waals surface area contributed by atoms with Gasteiger partial charge in [0.25, 0.3) is 0 Å². The molecule has 154 valence electrons. The molecule has 0 bridgehead atoms. The number of nitrogens with zero attached hydrogens (tertiary/aromatic N) is 2. The number of halogens is 1. The summed E-state index contributed by atoms with van der Waals surface area (Å²) in [5, 5.41) is 6.61. The number of rotatable bonds is 9. The first-order chi connectivity index (χ1) is 12.7. The summed E-state index contributed by atoms with van der Waals surface area (Å²) in [6.07, 6.45) is 1.01.